The second kappa shape index (κ2) is 6.07. The molecule has 0 saturated carbocycles. The van der Waals surface area contributed by atoms with Crippen LogP contribution in [0, 0.1) is 0 Å². The number of carbonyl (C=O) groups is 2. The SMILES string of the molecule is COC(=O)C1CN(C(=O)C2CSc3ccccc32)CCO1. The third kappa shape index (κ3) is 2.78. The predicted molar refractivity (Wildman–Crippen MR) is 78.2 cm³/mol. The summed E-state index contributed by atoms with van der Waals surface area (Å²) in [6, 6.07) is 8.00. The lowest BCUT2D eigenvalue weighted by molar-refractivity contribution is -0.162. The molecular weight excluding hydrogens is 290 g/mol. The molecular formula is C15H17NO4S. The van der Waals surface area contributed by atoms with Crippen LogP contribution in [0.1, 0.15) is 11.5 Å². The quantitative estimate of drug-likeness (QED) is 0.770. The molecule has 21 heavy (non-hydrogen) atoms. The molecule has 6 heteroatoms. The van der Waals surface area contributed by atoms with Crippen LogP contribution in [0.3, 0.4) is 0 Å². The van der Waals surface area contributed by atoms with E-state index in [-0.39, 0.29) is 18.4 Å². The van der Waals surface area contributed by atoms with Crippen LogP contribution in [-0.4, -0.2) is 55.4 Å². The van der Waals surface area contributed by atoms with Gasteiger partial charge >= 0.3 is 5.97 Å². The minimum atomic E-state index is -0.669. The Hall–Kier alpha value is -1.53. The third-order valence-corrected chi connectivity index (χ3v) is 5.02. The van der Waals surface area contributed by atoms with E-state index < -0.39 is 12.1 Å². The van der Waals surface area contributed by atoms with Crippen molar-refractivity contribution < 1.29 is 19.1 Å². The van der Waals surface area contributed by atoms with Crippen molar-refractivity contribution in [1.29, 1.82) is 0 Å². The number of methoxy groups -OCH3 is 1. The molecule has 112 valence electrons. The minimum Gasteiger partial charge on any atom is -0.467 e. The maximum Gasteiger partial charge on any atom is 0.336 e. The number of carbonyl (C=O) groups excluding carboxylic acids is 2. The number of morpholine rings is 1. The van der Waals surface area contributed by atoms with Crippen LogP contribution < -0.4 is 0 Å². The van der Waals surface area contributed by atoms with Crippen LogP contribution in [-0.2, 0) is 19.1 Å². The number of esters is 1. The number of benzene rings is 1. The molecule has 3 rings (SSSR count). The number of amides is 1. The van der Waals surface area contributed by atoms with Gasteiger partial charge in [-0.15, -0.1) is 11.8 Å². The monoisotopic (exact) mass is 307 g/mol. The van der Waals surface area contributed by atoms with Gasteiger partial charge in [0, 0.05) is 17.2 Å². The number of ether oxygens (including phenoxy) is 2. The summed E-state index contributed by atoms with van der Waals surface area (Å²) in [5.41, 5.74) is 1.09. The Bertz CT molecular complexity index is 562. The molecule has 0 spiro atoms. The van der Waals surface area contributed by atoms with Crippen LogP contribution in [0.2, 0.25) is 0 Å². The van der Waals surface area contributed by atoms with E-state index in [0.717, 1.165) is 11.3 Å². The molecule has 1 aromatic rings. The first kappa shape index (κ1) is 14.4. The van der Waals surface area contributed by atoms with E-state index >= 15 is 0 Å². The van der Waals surface area contributed by atoms with Crippen LogP contribution in [0.4, 0.5) is 0 Å². The van der Waals surface area contributed by atoms with Crippen LogP contribution >= 0.6 is 11.8 Å². The number of hydrogen-bond donors (Lipinski definition) is 0. The van der Waals surface area contributed by atoms with Crippen LogP contribution in [0.25, 0.3) is 0 Å². The van der Waals surface area contributed by atoms with Gasteiger partial charge < -0.3 is 14.4 Å². The zero-order valence-electron chi connectivity index (χ0n) is 11.8. The summed E-state index contributed by atoms with van der Waals surface area (Å²) in [5.74, 6) is 0.291. The average Bonchev–Trinajstić information content (AvgIpc) is 2.97. The Morgan fingerprint density at radius 1 is 1.38 bits per heavy atom. The number of rotatable bonds is 2. The van der Waals surface area contributed by atoms with Crippen molar-refractivity contribution in [2.75, 3.05) is 32.6 Å². The average molecular weight is 307 g/mol. The van der Waals surface area contributed by atoms with E-state index in [1.807, 2.05) is 24.3 Å². The van der Waals surface area contributed by atoms with Crippen molar-refractivity contribution in [1.82, 2.24) is 4.90 Å². The Morgan fingerprint density at radius 2 is 2.19 bits per heavy atom. The van der Waals surface area contributed by atoms with Gasteiger partial charge in [-0.25, -0.2) is 4.79 Å². The summed E-state index contributed by atoms with van der Waals surface area (Å²) in [7, 11) is 1.33. The molecule has 1 amide bonds. The largest absolute Gasteiger partial charge is 0.467 e. The van der Waals surface area contributed by atoms with Gasteiger partial charge in [0.1, 0.15) is 0 Å². The summed E-state index contributed by atoms with van der Waals surface area (Å²) >= 11 is 1.71. The fraction of sp³-hybridized carbons (Fsp3) is 0.467. The summed E-state index contributed by atoms with van der Waals surface area (Å²) in [5, 5.41) is 0. The van der Waals surface area contributed by atoms with Gasteiger partial charge in [0.05, 0.1) is 26.2 Å². The molecule has 0 bridgehead atoms. The second-order valence-electron chi connectivity index (χ2n) is 5.07. The fourth-order valence-corrected chi connectivity index (χ4v) is 3.93. The smallest absolute Gasteiger partial charge is 0.336 e. The lowest BCUT2D eigenvalue weighted by atomic mass is 9.99. The molecule has 2 heterocycles. The van der Waals surface area contributed by atoms with Crippen molar-refractivity contribution in [3.05, 3.63) is 29.8 Å². The molecule has 0 N–H and O–H groups in total. The summed E-state index contributed by atoms with van der Waals surface area (Å²) < 4.78 is 10.1. The van der Waals surface area contributed by atoms with E-state index in [4.69, 9.17) is 9.47 Å². The summed E-state index contributed by atoms with van der Waals surface area (Å²) in [6.07, 6.45) is -0.669. The Kier molecular flexibility index (Phi) is 4.17. The van der Waals surface area contributed by atoms with Gasteiger partial charge in [-0.1, -0.05) is 18.2 Å². The van der Waals surface area contributed by atoms with Gasteiger partial charge in [0.2, 0.25) is 5.91 Å². The van der Waals surface area contributed by atoms with E-state index in [9.17, 15) is 9.59 Å². The van der Waals surface area contributed by atoms with Gasteiger partial charge in [0.25, 0.3) is 0 Å². The van der Waals surface area contributed by atoms with Crippen LogP contribution in [0.5, 0.6) is 0 Å². The molecule has 1 fully saturated rings. The molecule has 0 radical (unpaired) electrons. The number of nitrogens with zero attached hydrogens (tertiary/aromatic N) is 1. The van der Waals surface area contributed by atoms with Crippen molar-refractivity contribution in [3.8, 4) is 0 Å². The van der Waals surface area contributed by atoms with E-state index in [0.29, 0.717) is 13.2 Å². The van der Waals surface area contributed by atoms with Crippen molar-refractivity contribution in [2.24, 2.45) is 0 Å². The van der Waals surface area contributed by atoms with Gasteiger partial charge in [0.15, 0.2) is 6.10 Å². The highest BCUT2D eigenvalue weighted by Gasteiger charge is 2.36. The highest BCUT2D eigenvalue weighted by atomic mass is 32.2. The maximum atomic E-state index is 12.7. The molecule has 2 unspecified atom stereocenters. The lowest BCUT2D eigenvalue weighted by Gasteiger charge is -2.33. The van der Waals surface area contributed by atoms with Crippen molar-refractivity contribution in [3.63, 3.8) is 0 Å². The first-order valence-electron chi connectivity index (χ1n) is 6.90. The molecule has 0 aliphatic carbocycles. The molecule has 2 aliphatic rings. The predicted octanol–water partition coefficient (Wildman–Crippen LogP) is 1.28. The fourth-order valence-electron chi connectivity index (χ4n) is 2.71. The van der Waals surface area contributed by atoms with Crippen molar-refractivity contribution in [2.45, 2.75) is 16.9 Å². The normalized spacial score (nSPS) is 24.5. The van der Waals surface area contributed by atoms with Crippen LogP contribution in [0.15, 0.2) is 29.2 Å². The molecule has 0 aromatic heterocycles. The van der Waals surface area contributed by atoms with E-state index in [1.165, 1.54) is 12.0 Å². The second-order valence-corrected chi connectivity index (χ2v) is 6.13. The Labute approximate surface area is 127 Å². The zero-order valence-corrected chi connectivity index (χ0v) is 12.6. The topological polar surface area (TPSA) is 55.8 Å². The highest BCUT2D eigenvalue weighted by molar-refractivity contribution is 7.99. The van der Waals surface area contributed by atoms with Gasteiger partial charge in [-0.2, -0.15) is 0 Å². The summed E-state index contributed by atoms with van der Waals surface area (Å²) in [4.78, 5) is 27.2. The zero-order chi connectivity index (χ0) is 14.8. The maximum absolute atomic E-state index is 12.7. The van der Waals surface area contributed by atoms with E-state index in [1.54, 1.807) is 16.7 Å². The molecule has 2 atom stereocenters. The molecule has 1 aromatic carbocycles. The first-order valence-corrected chi connectivity index (χ1v) is 7.89. The van der Waals surface area contributed by atoms with Crippen molar-refractivity contribution >= 4 is 23.6 Å². The first-order chi connectivity index (χ1) is 10.2. The Morgan fingerprint density at radius 3 is 3.00 bits per heavy atom. The minimum absolute atomic E-state index is 0.0738. The standard InChI is InChI=1S/C15H17NO4S/c1-19-15(18)12-8-16(6-7-20-12)14(17)11-9-21-13-5-3-2-4-10(11)13/h2-5,11-12H,6-9H2,1H3. The van der Waals surface area contributed by atoms with Gasteiger partial charge in [-0.05, 0) is 11.6 Å². The molecule has 2 aliphatic heterocycles. The number of thioether (sulfide) groups is 1. The summed E-state index contributed by atoms with van der Waals surface area (Å²) in [6.45, 7) is 1.16. The molecule has 1 saturated heterocycles. The third-order valence-electron chi connectivity index (χ3n) is 3.84. The van der Waals surface area contributed by atoms with Gasteiger partial charge in [-0.3, -0.25) is 4.79 Å². The van der Waals surface area contributed by atoms with E-state index in [2.05, 4.69) is 0 Å². The number of fused-ring (bicyclic) bond motifs is 1. The molecule has 5 nitrogen and oxygen atoms in total. The highest BCUT2D eigenvalue weighted by Crippen LogP contribution is 2.40. The Balaban J connectivity index is 1.73. The lowest BCUT2D eigenvalue weighted by Crippen LogP contribution is -2.50. The number of hydrogen-bond acceptors (Lipinski definition) is 5.